The third-order valence-electron chi connectivity index (χ3n) is 5.05. The third kappa shape index (κ3) is 5.09. The first-order valence-electron chi connectivity index (χ1n) is 9.20. The number of hydrogen-bond donors (Lipinski definition) is 5. The number of piperidine rings is 1. The fraction of sp³-hybridized carbons (Fsp3) is 1.00. The Morgan fingerprint density at radius 1 is 1.35 bits per heavy atom. The summed E-state index contributed by atoms with van der Waals surface area (Å²) in [4.78, 5) is 0. The Morgan fingerprint density at radius 3 is 2.78 bits per heavy atom. The van der Waals surface area contributed by atoms with Crippen LogP contribution >= 0.6 is 0 Å². The van der Waals surface area contributed by atoms with Gasteiger partial charge in [0.15, 0.2) is 0 Å². The number of hydrogen-bond acceptors (Lipinski definition) is 7. The van der Waals surface area contributed by atoms with Crippen molar-refractivity contribution >= 4 is 0 Å². The minimum atomic E-state index is -0.168. The maximum Gasteiger partial charge on any atom is 0.0749 e. The molecule has 2 saturated heterocycles. The van der Waals surface area contributed by atoms with Crippen molar-refractivity contribution in [2.24, 2.45) is 11.5 Å². The average molecular weight is 329 g/mol. The van der Waals surface area contributed by atoms with E-state index in [0.717, 1.165) is 26.0 Å². The Hall–Kier alpha value is -0.280. The summed E-state index contributed by atoms with van der Waals surface area (Å²) in [6.45, 7) is 8.61. The molecular weight excluding hydrogens is 292 g/mol. The molecule has 136 valence electrons. The smallest absolute Gasteiger partial charge is 0.0749 e. The van der Waals surface area contributed by atoms with E-state index in [1.807, 2.05) is 6.92 Å². The summed E-state index contributed by atoms with van der Waals surface area (Å²) in [7, 11) is 0. The molecular formula is C16H36N6O. The molecule has 7 N–H and O–H groups in total. The Labute approximate surface area is 140 Å². The van der Waals surface area contributed by atoms with E-state index in [4.69, 9.17) is 16.2 Å². The van der Waals surface area contributed by atoms with E-state index in [-0.39, 0.29) is 30.5 Å². The van der Waals surface area contributed by atoms with Crippen molar-refractivity contribution in [1.29, 1.82) is 0 Å². The zero-order valence-corrected chi connectivity index (χ0v) is 14.9. The number of hydrazine groups is 1. The van der Waals surface area contributed by atoms with Gasteiger partial charge < -0.3 is 16.2 Å². The molecule has 2 fully saturated rings. The lowest BCUT2D eigenvalue weighted by Gasteiger charge is -2.36. The molecule has 0 aliphatic carbocycles. The number of nitrogens with zero attached hydrogens (tertiary/aromatic N) is 1. The monoisotopic (exact) mass is 328 g/mol. The van der Waals surface area contributed by atoms with Gasteiger partial charge in [0.1, 0.15) is 0 Å². The Kier molecular flexibility index (Phi) is 7.68. The van der Waals surface area contributed by atoms with Crippen molar-refractivity contribution in [3.8, 4) is 0 Å². The van der Waals surface area contributed by atoms with Gasteiger partial charge in [-0.1, -0.05) is 6.92 Å². The maximum absolute atomic E-state index is 6.50. The molecule has 2 heterocycles. The standard InChI is InChI=1S/C16H36N6O/c1-4-12-14(17)15(22(21-12)9-10-23-5-2)16(18)20-13-8-6-7-11(3)19-13/h11-16,19-21H,4-10,17-18H2,1-3H3. The lowest BCUT2D eigenvalue weighted by molar-refractivity contribution is 0.0702. The molecule has 2 aliphatic rings. The quantitative estimate of drug-likeness (QED) is 0.307. The highest BCUT2D eigenvalue weighted by atomic mass is 16.5. The third-order valence-corrected chi connectivity index (χ3v) is 5.05. The van der Waals surface area contributed by atoms with Crippen LogP contribution in [0.2, 0.25) is 0 Å². The van der Waals surface area contributed by atoms with Gasteiger partial charge in [-0.25, -0.2) is 10.4 Å². The minimum absolute atomic E-state index is 0.0186. The zero-order chi connectivity index (χ0) is 16.8. The Balaban J connectivity index is 1.93. The zero-order valence-electron chi connectivity index (χ0n) is 14.9. The van der Waals surface area contributed by atoms with Crippen LogP contribution in [0.25, 0.3) is 0 Å². The summed E-state index contributed by atoms with van der Waals surface area (Å²) in [5.74, 6) is 0. The molecule has 0 aromatic rings. The van der Waals surface area contributed by atoms with Crippen LogP contribution in [0.4, 0.5) is 0 Å². The van der Waals surface area contributed by atoms with Gasteiger partial charge in [-0.15, -0.1) is 0 Å². The molecule has 6 atom stereocenters. The van der Waals surface area contributed by atoms with E-state index in [2.05, 4.69) is 34.9 Å². The summed E-state index contributed by atoms with van der Waals surface area (Å²) >= 11 is 0. The highest BCUT2D eigenvalue weighted by molar-refractivity contribution is 5.00. The van der Waals surface area contributed by atoms with Crippen LogP contribution in [0.1, 0.15) is 46.5 Å². The normalized spacial score (nSPS) is 37.2. The predicted molar refractivity (Wildman–Crippen MR) is 93.5 cm³/mol. The molecule has 0 aromatic carbocycles. The molecule has 7 nitrogen and oxygen atoms in total. The van der Waals surface area contributed by atoms with E-state index in [1.54, 1.807) is 0 Å². The minimum Gasteiger partial charge on any atom is -0.380 e. The topological polar surface area (TPSA) is 101 Å². The SMILES string of the molecule is CCOCCN1NC(CC)C(N)C1C(N)NC1CCCC(C)N1. The lowest BCUT2D eigenvalue weighted by Crippen LogP contribution is -2.64. The molecule has 0 aromatic heterocycles. The second-order valence-corrected chi connectivity index (χ2v) is 6.85. The number of ether oxygens (including phenoxy) is 1. The van der Waals surface area contributed by atoms with Gasteiger partial charge >= 0.3 is 0 Å². The van der Waals surface area contributed by atoms with Crippen LogP contribution in [0.5, 0.6) is 0 Å². The first-order chi connectivity index (χ1) is 11.1. The molecule has 0 radical (unpaired) electrons. The van der Waals surface area contributed by atoms with E-state index >= 15 is 0 Å². The van der Waals surface area contributed by atoms with Crippen LogP contribution in [0, 0.1) is 0 Å². The molecule has 0 saturated carbocycles. The van der Waals surface area contributed by atoms with Crippen LogP contribution in [-0.2, 0) is 4.74 Å². The molecule has 7 heteroatoms. The maximum atomic E-state index is 6.50. The summed E-state index contributed by atoms with van der Waals surface area (Å²) < 4.78 is 5.50. The van der Waals surface area contributed by atoms with E-state index < -0.39 is 0 Å². The van der Waals surface area contributed by atoms with E-state index in [1.165, 1.54) is 12.8 Å². The van der Waals surface area contributed by atoms with Crippen molar-refractivity contribution in [3.05, 3.63) is 0 Å². The van der Waals surface area contributed by atoms with E-state index in [0.29, 0.717) is 12.6 Å². The van der Waals surface area contributed by atoms with Crippen molar-refractivity contribution in [1.82, 2.24) is 21.1 Å². The van der Waals surface area contributed by atoms with Gasteiger partial charge in [0.25, 0.3) is 0 Å². The molecule has 23 heavy (non-hydrogen) atoms. The lowest BCUT2D eigenvalue weighted by atomic mass is 9.98. The molecule has 0 amide bonds. The number of rotatable bonds is 8. The fourth-order valence-corrected chi connectivity index (χ4v) is 3.75. The van der Waals surface area contributed by atoms with Crippen LogP contribution < -0.4 is 27.5 Å². The van der Waals surface area contributed by atoms with Crippen molar-refractivity contribution < 1.29 is 4.74 Å². The Morgan fingerprint density at radius 2 is 2.13 bits per heavy atom. The van der Waals surface area contributed by atoms with Gasteiger partial charge in [-0.3, -0.25) is 10.6 Å². The molecule has 6 unspecified atom stereocenters. The Bertz CT molecular complexity index is 345. The summed E-state index contributed by atoms with van der Waals surface area (Å²) in [5, 5.41) is 9.31. The highest BCUT2D eigenvalue weighted by Crippen LogP contribution is 2.19. The molecule has 2 aliphatic heterocycles. The second-order valence-electron chi connectivity index (χ2n) is 6.85. The van der Waals surface area contributed by atoms with Crippen molar-refractivity contribution in [3.63, 3.8) is 0 Å². The first kappa shape index (κ1) is 19.1. The van der Waals surface area contributed by atoms with Gasteiger partial charge in [-0.05, 0) is 39.5 Å². The van der Waals surface area contributed by atoms with E-state index in [9.17, 15) is 0 Å². The summed E-state index contributed by atoms with van der Waals surface area (Å²) in [6, 6.07) is 0.901. The van der Waals surface area contributed by atoms with Crippen LogP contribution in [-0.4, -0.2) is 61.3 Å². The molecule has 0 bridgehead atoms. The number of nitrogens with one attached hydrogen (secondary N) is 3. The largest absolute Gasteiger partial charge is 0.380 e. The average Bonchev–Trinajstić information content (AvgIpc) is 2.83. The second kappa shape index (κ2) is 9.27. The molecule has 0 spiro atoms. The fourth-order valence-electron chi connectivity index (χ4n) is 3.75. The van der Waals surface area contributed by atoms with Crippen LogP contribution in [0.3, 0.4) is 0 Å². The van der Waals surface area contributed by atoms with Gasteiger partial charge in [-0.2, -0.15) is 0 Å². The summed E-state index contributed by atoms with van der Waals surface area (Å²) in [6.07, 6.45) is 4.68. The van der Waals surface area contributed by atoms with Crippen molar-refractivity contribution in [2.75, 3.05) is 19.8 Å². The molecule has 2 rings (SSSR count). The van der Waals surface area contributed by atoms with Gasteiger partial charge in [0, 0.05) is 31.3 Å². The highest BCUT2D eigenvalue weighted by Gasteiger charge is 2.42. The van der Waals surface area contributed by atoms with Crippen LogP contribution in [0.15, 0.2) is 0 Å². The first-order valence-corrected chi connectivity index (χ1v) is 9.20. The summed E-state index contributed by atoms with van der Waals surface area (Å²) in [5.41, 5.74) is 16.5. The van der Waals surface area contributed by atoms with Crippen molar-refractivity contribution in [2.45, 2.75) is 83.0 Å². The van der Waals surface area contributed by atoms with Gasteiger partial charge in [0.2, 0.25) is 0 Å². The number of nitrogens with two attached hydrogens (primary N) is 2. The predicted octanol–water partition coefficient (Wildman–Crippen LogP) is -0.320. The van der Waals surface area contributed by atoms with Gasteiger partial charge in [0.05, 0.1) is 25.0 Å².